The zero-order valence-electron chi connectivity index (χ0n) is 14.4. The molecule has 3 fully saturated rings. The maximum absolute atomic E-state index is 12.5. The van der Waals surface area contributed by atoms with Gasteiger partial charge in [0.25, 0.3) is 0 Å². The molecule has 0 aromatic heterocycles. The van der Waals surface area contributed by atoms with Crippen LogP contribution in [-0.4, -0.2) is 49.7 Å². The standard InChI is InChI=1S/C20H28N2O2/c23-19(21-10-9-16-5-2-1-3-6-16)11-20-14-22(18-7-4-8-18)12-17(20)13-24-15-20/h1-3,5-6,17-18H,4,7-15H2,(H,21,23)/t17-,20+/m1/s1. The fraction of sp³-hybridized carbons (Fsp3) is 0.650. The lowest BCUT2D eigenvalue weighted by atomic mass is 9.78. The van der Waals surface area contributed by atoms with Gasteiger partial charge < -0.3 is 10.1 Å². The molecular weight excluding hydrogens is 300 g/mol. The molecule has 2 saturated heterocycles. The van der Waals surface area contributed by atoms with E-state index in [2.05, 4.69) is 22.3 Å². The summed E-state index contributed by atoms with van der Waals surface area (Å²) in [6, 6.07) is 11.1. The first-order valence-electron chi connectivity index (χ1n) is 9.38. The Morgan fingerprint density at radius 2 is 2.12 bits per heavy atom. The van der Waals surface area contributed by atoms with Crippen molar-refractivity contribution in [2.75, 3.05) is 32.8 Å². The van der Waals surface area contributed by atoms with Crippen molar-refractivity contribution in [3.8, 4) is 0 Å². The quantitative estimate of drug-likeness (QED) is 0.871. The molecular formula is C20H28N2O2. The Labute approximate surface area is 144 Å². The van der Waals surface area contributed by atoms with Gasteiger partial charge in [0.1, 0.15) is 0 Å². The molecule has 0 spiro atoms. The van der Waals surface area contributed by atoms with E-state index < -0.39 is 0 Å². The smallest absolute Gasteiger partial charge is 0.220 e. The number of likely N-dealkylation sites (tertiary alicyclic amines) is 1. The second-order valence-corrected chi connectivity index (χ2v) is 7.85. The molecule has 1 amide bonds. The lowest BCUT2D eigenvalue weighted by molar-refractivity contribution is -0.123. The molecule has 1 N–H and O–H groups in total. The molecule has 1 saturated carbocycles. The molecule has 3 aliphatic rings. The van der Waals surface area contributed by atoms with E-state index >= 15 is 0 Å². The van der Waals surface area contributed by atoms with E-state index in [4.69, 9.17) is 4.74 Å². The lowest BCUT2D eigenvalue weighted by Crippen LogP contribution is -2.42. The van der Waals surface area contributed by atoms with Gasteiger partial charge in [-0.3, -0.25) is 9.69 Å². The number of amides is 1. The van der Waals surface area contributed by atoms with E-state index in [1.165, 1.54) is 24.8 Å². The first-order chi connectivity index (χ1) is 11.8. The van der Waals surface area contributed by atoms with Gasteiger partial charge in [0.15, 0.2) is 0 Å². The van der Waals surface area contributed by atoms with Crippen LogP contribution in [-0.2, 0) is 16.0 Å². The van der Waals surface area contributed by atoms with Gasteiger partial charge in [-0.05, 0) is 24.8 Å². The van der Waals surface area contributed by atoms with Crippen LogP contribution >= 0.6 is 0 Å². The number of nitrogens with one attached hydrogen (secondary N) is 1. The van der Waals surface area contributed by atoms with Crippen molar-refractivity contribution in [3.05, 3.63) is 35.9 Å². The Bertz CT molecular complexity index is 572. The number of benzene rings is 1. The Balaban J connectivity index is 1.29. The summed E-state index contributed by atoms with van der Waals surface area (Å²) in [5.41, 5.74) is 1.34. The number of nitrogens with zero attached hydrogens (tertiary/aromatic N) is 1. The van der Waals surface area contributed by atoms with Crippen molar-refractivity contribution < 1.29 is 9.53 Å². The molecule has 2 aliphatic heterocycles. The van der Waals surface area contributed by atoms with Gasteiger partial charge >= 0.3 is 0 Å². The van der Waals surface area contributed by atoms with E-state index in [-0.39, 0.29) is 11.3 Å². The molecule has 2 heterocycles. The Morgan fingerprint density at radius 3 is 2.88 bits per heavy atom. The summed E-state index contributed by atoms with van der Waals surface area (Å²) in [5, 5.41) is 3.12. The van der Waals surface area contributed by atoms with Gasteiger partial charge in [-0.2, -0.15) is 0 Å². The first kappa shape index (κ1) is 16.1. The van der Waals surface area contributed by atoms with Gasteiger partial charge in [-0.1, -0.05) is 36.8 Å². The average molecular weight is 328 g/mol. The van der Waals surface area contributed by atoms with E-state index in [1.807, 2.05) is 18.2 Å². The predicted octanol–water partition coefficient (Wildman–Crippen LogP) is 2.24. The van der Waals surface area contributed by atoms with Crippen molar-refractivity contribution in [1.82, 2.24) is 10.2 Å². The minimum atomic E-state index is 0.0619. The number of fused-ring (bicyclic) bond motifs is 1. The molecule has 4 heteroatoms. The largest absolute Gasteiger partial charge is 0.380 e. The molecule has 24 heavy (non-hydrogen) atoms. The highest BCUT2D eigenvalue weighted by Crippen LogP contribution is 2.46. The molecule has 1 aromatic rings. The molecule has 2 atom stereocenters. The fourth-order valence-corrected chi connectivity index (χ4v) is 4.53. The van der Waals surface area contributed by atoms with Crippen molar-refractivity contribution >= 4 is 5.91 Å². The summed E-state index contributed by atoms with van der Waals surface area (Å²) in [6.45, 7) is 4.49. The van der Waals surface area contributed by atoms with Crippen LogP contribution in [0, 0.1) is 11.3 Å². The second-order valence-electron chi connectivity index (χ2n) is 7.85. The monoisotopic (exact) mass is 328 g/mol. The summed E-state index contributed by atoms with van der Waals surface area (Å²) >= 11 is 0. The van der Waals surface area contributed by atoms with Crippen LogP contribution in [0.15, 0.2) is 30.3 Å². The SMILES string of the molecule is O=C(C[C@]12COC[C@H]1CN(C1CCC1)C2)NCCc1ccccc1. The van der Waals surface area contributed by atoms with Crippen LogP contribution in [0.2, 0.25) is 0 Å². The third kappa shape index (κ3) is 3.22. The molecule has 130 valence electrons. The highest BCUT2D eigenvalue weighted by Gasteiger charge is 2.53. The summed E-state index contributed by atoms with van der Waals surface area (Å²) in [4.78, 5) is 15.1. The highest BCUT2D eigenvalue weighted by molar-refractivity contribution is 5.77. The van der Waals surface area contributed by atoms with Gasteiger partial charge in [0.05, 0.1) is 13.2 Å². The zero-order chi connectivity index (χ0) is 16.4. The van der Waals surface area contributed by atoms with E-state index in [0.717, 1.165) is 45.3 Å². The maximum Gasteiger partial charge on any atom is 0.220 e. The summed E-state index contributed by atoms with van der Waals surface area (Å²) < 4.78 is 5.76. The fourth-order valence-electron chi connectivity index (χ4n) is 4.53. The Hall–Kier alpha value is -1.39. The molecule has 0 bridgehead atoms. The third-order valence-corrected chi connectivity index (χ3v) is 6.23. The topological polar surface area (TPSA) is 41.6 Å². The van der Waals surface area contributed by atoms with Crippen molar-refractivity contribution in [3.63, 3.8) is 0 Å². The first-order valence-corrected chi connectivity index (χ1v) is 9.38. The number of carbonyl (C=O) groups is 1. The van der Waals surface area contributed by atoms with Crippen LogP contribution in [0.5, 0.6) is 0 Å². The van der Waals surface area contributed by atoms with Gasteiger partial charge in [0.2, 0.25) is 5.91 Å². The van der Waals surface area contributed by atoms with E-state index in [0.29, 0.717) is 12.3 Å². The number of hydrogen-bond donors (Lipinski definition) is 1. The van der Waals surface area contributed by atoms with Crippen LogP contribution in [0.1, 0.15) is 31.2 Å². The maximum atomic E-state index is 12.5. The molecule has 4 nitrogen and oxygen atoms in total. The highest BCUT2D eigenvalue weighted by atomic mass is 16.5. The van der Waals surface area contributed by atoms with Crippen LogP contribution < -0.4 is 5.32 Å². The van der Waals surface area contributed by atoms with Crippen molar-refractivity contribution in [2.45, 2.75) is 38.1 Å². The minimum absolute atomic E-state index is 0.0619. The number of hydrogen-bond acceptors (Lipinski definition) is 3. The minimum Gasteiger partial charge on any atom is -0.380 e. The molecule has 0 unspecified atom stereocenters. The van der Waals surface area contributed by atoms with Crippen LogP contribution in [0.25, 0.3) is 0 Å². The Morgan fingerprint density at radius 1 is 1.29 bits per heavy atom. The summed E-state index contributed by atoms with van der Waals surface area (Å²) in [5.74, 6) is 0.731. The van der Waals surface area contributed by atoms with Gasteiger partial charge in [-0.15, -0.1) is 0 Å². The summed E-state index contributed by atoms with van der Waals surface area (Å²) in [6.07, 6.45) is 5.57. The second kappa shape index (κ2) is 6.85. The average Bonchev–Trinajstić information content (AvgIpc) is 3.03. The number of ether oxygens (including phenoxy) is 1. The van der Waals surface area contributed by atoms with Gasteiger partial charge in [-0.25, -0.2) is 0 Å². The molecule has 0 radical (unpaired) electrons. The number of rotatable bonds is 6. The van der Waals surface area contributed by atoms with Crippen LogP contribution in [0.3, 0.4) is 0 Å². The van der Waals surface area contributed by atoms with E-state index in [9.17, 15) is 4.79 Å². The van der Waals surface area contributed by atoms with E-state index in [1.54, 1.807) is 0 Å². The molecule has 1 aliphatic carbocycles. The molecule has 4 rings (SSSR count). The zero-order valence-corrected chi connectivity index (χ0v) is 14.4. The van der Waals surface area contributed by atoms with Crippen molar-refractivity contribution in [2.24, 2.45) is 11.3 Å². The number of carbonyl (C=O) groups excluding carboxylic acids is 1. The van der Waals surface area contributed by atoms with Crippen LogP contribution in [0.4, 0.5) is 0 Å². The van der Waals surface area contributed by atoms with Gasteiger partial charge in [0, 0.05) is 43.4 Å². The lowest BCUT2D eigenvalue weighted by Gasteiger charge is -2.36. The molecule has 1 aromatic carbocycles. The summed E-state index contributed by atoms with van der Waals surface area (Å²) in [7, 11) is 0. The third-order valence-electron chi connectivity index (χ3n) is 6.23. The van der Waals surface area contributed by atoms with Crippen molar-refractivity contribution in [1.29, 1.82) is 0 Å². The predicted molar refractivity (Wildman–Crippen MR) is 93.7 cm³/mol. The normalized spacial score (nSPS) is 30.1. The Kier molecular flexibility index (Phi) is 4.59.